The van der Waals surface area contributed by atoms with E-state index in [-0.39, 0.29) is 30.8 Å². The number of nitrogens with zero attached hydrogens (tertiary/aromatic N) is 2. The van der Waals surface area contributed by atoms with E-state index in [1.807, 2.05) is 50.2 Å². The van der Waals surface area contributed by atoms with E-state index in [1.54, 1.807) is 18.3 Å². The van der Waals surface area contributed by atoms with Crippen LogP contribution < -0.4 is 11.0 Å². The van der Waals surface area contributed by atoms with Crippen molar-refractivity contribution in [2.45, 2.75) is 32.9 Å². The Balaban J connectivity index is 2.07. The molecule has 0 fully saturated rings. The summed E-state index contributed by atoms with van der Waals surface area (Å²) in [6.45, 7) is 3.73. The Hall–Kier alpha value is -2.83. The largest absolute Gasteiger partial charge is 0.396 e. The minimum Gasteiger partial charge on any atom is -0.396 e. The lowest BCUT2D eigenvalue weighted by molar-refractivity contribution is -0.122. The summed E-state index contributed by atoms with van der Waals surface area (Å²) in [6, 6.07) is 14.6. The second-order valence-electron chi connectivity index (χ2n) is 7.13. The molecule has 6 nitrogen and oxygen atoms in total. The second-order valence-corrected chi connectivity index (χ2v) is 7.56. The highest BCUT2D eigenvalue weighted by atomic mass is 35.5. The zero-order valence-electron chi connectivity index (χ0n) is 16.4. The van der Waals surface area contributed by atoms with Gasteiger partial charge in [0.2, 0.25) is 5.91 Å². The van der Waals surface area contributed by atoms with E-state index >= 15 is 0 Å². The lowest BCUT2D eigenvalue weighted by atomic mass is 10.1. The molecule has 0 unspecified atom stereocenters. The van der Waals surface area contributed by atoms with Crippen LogP contribution in [0.2, 0.25) is 5.02 Å². The molecule has 29 heavy (non-hydrogen) atoms. The molecular weight excluding hydrogens is 390 g/mol. The summed E-state index contributed by atoms with van der Waals surface area (Å²) in [7, 11) is 0. The molecule has 0 aliphatic carbocycles. The van der Waals surface area contributed by atoms with Crippen LogP contribution in [0, 0.1) is 0 Å². The van der Waals surface area contributed by atoms with Crippen molar-refractivity contribution < 1.29 is 9.90 Å². The van der Waals surface area contributed by atoms with Crippen molar-refractivity contribution in [3.63, 3.8) is 0 Å². The summed E-state index contributed by atoms with van der Waals surface area (Å²) < 4.78 is 2.96. The normalized spacial score (nSPS) is 11.1. The average molecular weight is 414 g/mol. The quantitative estimate of drug-likeness (QED) is 0.625. The molecule has 0 atom stereocenters. The van der Waals surface area contributed by atoms with Crippen LogP contribution in [0.25, 0.3) is 16.9 Å². The maximum Gasteiger partial charge on any atom is 0.333 e. The molecule has 1 aromatic heterocycles. The molecule has 3 rings (SSSR count). The molecule has 7 heteroatoms. The van der Waals surface area contributed by atoms with Crippen molar-refractivity contribution in [3.05, 3.63) is 75.8 Å². The van der Waals surface area contributed by atoms with Crippen LogP contribution in [0.4, 0.5) is 0 Å². The van der Waals surface area contributed by atoms with Crippen LogP contribution >= 0.6 is 11.6 Å². The van der Waals surface area contributed by atoms with Crippen LogP contribution in [-0.2, 0) is 17.8 Å². The monoisotopic (exact) mass is 413 g/mol. The fraction of sp³-hybridized carbons (Fsp3) is 0.273. The highest BCUT2D eigenvalue weighted by Crippen LogP contribution is 2.23. The van der Waals surface area contributed by atoms with E-state index in [1.165, 1.54) is 9.13 Å². The van der Waals surface area contributed by atoms with Gasteiger partial charge in [-0.3, -0.25) is 13.9 Å². The molecule has 0 radical (unpaired) electrons. The number of aliphatic hydroxyl groups is 1. The highest BCUT2D eigenvalue weighted by molar-refractivity contribution is 6.30. The molecule has 0 saturated heterocycles. The van der Waals surface area contributed by atoms with Crippen molar-refractivity contribution in [2.75, 3.05) is 6.61 Å². The van der Waals surface area contributed by atoms with E-state index in [0.29, 0.717) is 22.8 Å². The van der Waals surface area contributed by atoms with Crippen molar-refractivity contribution in [3.8, 4) is 16.9 Å². The first-order valence-electron chi connectivity index (χ1n) is 9.46. The van der Waals surface area contributed by atoms with Crippen LogP contribution in [-0.4, -0.2) is 32.8 Å². The first-order chi connectivity index (χ1) is 13.9. The predicted molar refractivity (Wildman–Crippen MR) is 115 cm³/mol. The summed E-state index contributed by atoms with van der Waals surface area (Å²) in [4.78, 5) is 25.5. The number of carbonyl (C=O) groups is 1. The average Bonchev–Trinajstić information content (AvgIpc) is 2.98. The van der Waals surface area contributed by atoms with E-state index in [0.717, 1.165) is 11.1 Å². The molecule has 0 aliphatic heterocycles. The number of aromatic nitrogens is 2. The molecular formula is C22H24ClN3O3. The number of carbonyl (C=O) groups excluding carboxylic acids is 1. The molecule has 0 bridgehead atoms. The summed E-state index contributed by atoms with van der Waals surface area (Å²) in [5.74, 6) is -0.235. The predicted octanol–water partition coefficient (Wildman–Crippen LogP) is 3.02. The number of aliphatic hydroxyl groups excluding tert-OH is 1. The van der Waals surface area contributed by atoms with Gasteiger partial charge in [-0.2, -0.15) is 0 Å². The fourth-order valence-corrected chi connectivity index (χ4v) is 3.35. The molecule has 2 N–H and O–H groups in total. The smallest absolute Gasteiger partial charge is 0.333 e. The lowest BCUT2D eigenvalue weighted by Crippen LogP contribution is -2.36. The summed E-state index contributed by atoms with van der Waals surface area (Å²) in [5.41, 5.74) is 2.71. The maximum absolute atomic E-state index is 13.2. The standard InChI is InChI=1S/C22H24ClN3O3/c1-15(2)24-21(28)14-26-20(17-4-3-5-18(23)12-17)13-25(22(26)29)19-8-6-16(7-9-19)10-11-27/h3-9,12-13,15,27H,10-11,14H2,1-2H3,(H,24,28). The van der Waals surface area contributed by atoms with Crippen LogP contribution in [0.1, 0.15) is 19.4 Å². The first kappa shape index (κ1) is 20.9. The zero-order valence-corrected chi connectivity index (χ0v) is 17.2. The number of halogens is 1. The van der Waals surface area contributed by atoms with Gasteiger partial charge in [0.15, 0.2) is 0 Å². The van der Waals surface area contributed by atoms with Gasteiger partial charge in [0.1, 0.15) is 6.54 Å². The fourth-order valence-electron chi connectivity index (χ4n) is 3.16. The Labute approximate surface area is 174 Å². The van der Waals surface area contributed by atoms with Crippen molar-refractivity contribution >= 4 is 17.5 Å². The number of rotatable bonds is 7. The highest BCUT2D eigenvalue weighted by Gasteiger charge is 2.17. The van der Waals surface area contributed by atoms with E-state index in [2.05, 4.69) is 5.32 Å². The molecule has 1 amide bonds. The molecule has 0 spiro atoms. The number of imidazole rings is 1. The Kier molecular flexibility index (Phi) is 6.56. The van der Waals surface area contributed by atoms with E-state index in [4.69, 9.17) is 16.7 Å². The molecule has 0 saturated carbocycles. The van der Waals surface area contributed by atoms with Gasteiger partial charge in [-0.05, 0) is 50.1 Å². The third kappa shape index (κ3) is 4.96. The van der Waals surface area contributed by atoms with Crippen molar-refractivity contribution in [2.24, 2.45) is 0 Å². The van der Waals surface area contributed by atoms with E-state index in [9.17, 15) is 9.59 Å². The molecule has 152 valence electrons. The summed E-state index contributed by atoms with van der Waals surface area (Å²) in [5, 5.41) is 12.4. The number of hydrogen-bond acceptors (Lipinski definition) is 3. The van der Waals surface area contributed by atoms with Gasteiger partial charge in [-0.15, -0.1) is 0 Å². The molecule has 0 aliphatic rings. The first-order valence-corrected chi connectivity index (χ1v) is 9.84. The minimum absolute atomic E-state index is 0.0195. The van der Waals surface area contributed by atoms with Gasteiger partial charge < -0.3 is 10.4 Å². The van der Waals surface area contributed by atoms with Gasteiger partial charge in [-0.25, -0.2) is 4.79 Å². The third-order valence-corrected chi connectivity index (χ3v) is 4.70. The summed E-state index contributed by atoms with van der Waals surface area (Å²) in [6.07, 6.45) is 2.27. The summed E-state index contributed by atoms with van der Waals surface area (Å²) >= 11 is 6.14. The number of hydrogen-bond donors (Lipinski definition) is 2. The Morgan fingerprint density at radius 2 is 1.90 bits per heavy atom. The van der Waals surface area contributed by atoms with Gasteiger partial charge in [-0.1, -0.05) is 35.9 Å². The van der Waals surface area contributed by atoms with Crippen molar-refractivity contribution in [1.29, 1.82) is 0 Å². The maximum atomic E-state index is 13.2. The minimum atomic E-state index is -0.311. The lowest BCUT2D eigenvalue weighted by Gasteiger charge is -2.10. The number of benzene rings is 2. The molecule has 1 heterocycles. The van der Waals surface area contributed by atoms with Crippen LogP contribution in [0.3, 0.4) is 0 Å². The molecule has 3 aromatic rings. The Morgan fingerprint density at radius 3 is 2.52 bits per heavy atom. The Morgan fingerprint density at radius 1 is 1.17 bits per heavy atom. The molecule has 2 aromatic carbocycles. The topological polar surface area (TPSA) is 76.3 Å². The second kappa shape index (κ2) is 9.11. The zero-order chi connectivity index (χ0) is 21.0. The number of nitrogens with one attached hydrogen (secondary N) is 1. The van der Waals surface area contributed by atoms with Crippen LogP contribution in [0.15, 0.2) is 59.5 Å². The van der Waals surface area contributed by atoms with Crippen LogP contribution in [0.5, 0.6) is 0 Å². The van der Waals surface area contributed by atoms with E-state index < -0.39 is 0 Å². The number of amides is 1. The Bertz CT molecular complexity index is 1050. The van der Waals surface area contributed by atoms with Gasteiger partial charge >= 0.3 is 5.69 Å². The third-order valence-electron chi connectivity index (χ3n) is 4.47. The van der Waals surface area contributed by atoms with Gasteiger partial charge in [0.05, 0.1) is 11.4 Å². The van der Waals surface area contributed by atoms with Gasteiger partial charge in [0, 0.05) is 29.4 Å². The van der Waals surface area contributed by atoms with Crippen molar-refractivity contribution in [1.82, 2.24) is 14.5 Å². The van der Waals surface area contributed by atoms with Gasteiger partial charge in [0.25, 0.3) is 0 Å². The SMILES string of the molecule is CC(C)NC(=O)Cn1c(-c2cccc(Cl)c2)cn(-c2ccc(CCO)cc2)c1=O.